The van der Waals surface area contributed by atoms with E-state index < -0.39 is 5.60 Å². The molecular formula is C13H23NO4. The Kier molecular flexibility index (Phi) is 3.56. The largest absolute Gasteiger partial charge is 0.444 e. The average Bonchev–Trinajstić information content (AvgIpc) is 2.68. The van der Waals surface area contributed by atoms with Crippen LogP contribution in [0.3, 0.4) is 0 Å². The first kappa shape index (κ1) is 13.6. The van der Waals surface area contributed by atoms with Crippen molar-refractivity contribution in [2.75, 3.05) is 26.4 Å². The van der Waals surface area contributed by atoms with Crippen LogP contribution in [0.4, 0.5) is 4.79 Å². The molecule has 0 saturated carbocycles. The van der Waals surface area contributed by atoms with Crippen molar-refractivity contribution < 1.29 is 19.0 Å². The molecule has 1 unspecified atom stereocenters. The third-order valence-corrected chi connectivity index (χ3v) is 3.32. The molecule has 0 N–H and O–H groups in total. The molecule has 2 aliphatic heterocycles. The van der Waals surface area contributed by atoms with Gasteiger partial charge in [0.25, 0.3) is 0 Å². The average molecular weight is 257 g/mol. The second-order valence-corrected chi connectivity index (χ2v) is 6.25. The number of morpholine rings is 1. The molecule has 1 amide bonds. The van der Waals surface area contributed by atoms with Gasteiger partial charge < -0.3 is 19.1 Å². The Balaban J connectivity index is 2.03. The van der Waals surface area contributed by atoms with E-state index in [-0.39, 0.29) is 17.7 Å². The SMILES string of the molecule is C[C@H]1COC2(CCOC2)CN1C(=O)OC(C)(C)C. The fraction of sp³-hybridized carbons (Fsp3) is 0.923. The van der Waals surface area contributed by atoms with Crippen LogP contribution in [0.5, 0.6) is 0 Å². The lowest BCUT2D eigenvalue weighted by atomic mass is 9.99. The van der Waals surface area contributed by atoms with Crippen LogP contribution in [0.15, 0.2) is 0 Å². The lowest BCUT2D eigenvalue weighted by molar-refractivity contribution is -0.127. The van der Waals surface area contributed by atoms with Crippen molar-refractivity contribution in [1.82, 2.24) is 4.90 Å². The molecule has 0 aliphatic carbocycles. The first-order valence-electron chi connectivity index (χ1n) is 6.53. The normalized spacial score (nSPS) is 32.9. The summed E-state index contributed by atoms with van der Waals surface area (Å²) >= 11 is 0. The van der Waals surface area contributed by atoms with Gasteiger partial charge in [-0.1, -0.05) is 0 Å². The number of carbonyl (C=O) groups is 1. The topological polar surface area (TPSA) is 48.0 Å². The molecule has 18 heavy (non-hydrogen) atoms. The van der Waals surface area contributed by atoms with E-state index in [0.717, 1.165) is 6.42 Å². The first-order chi connectivity index (χ1) is 8.31. The summed E-state index contributed by atoms with van der Waals surface area (Å²) in [6.07, 6.45) is 0.587. The predicted octanol–water partition coefficient (Wildman–Crippen LogP) is 1.80. The van der Waals surface area contributed by atoms with Crippen LogP contribution in [0.2, 0.25) is 0 Å². The molecule has 2 rings (SSSR count). The highest BCUT2D eigenvalue weighted by molar-refractivity contribution is 5.68. The smallest absolute Gasteiger partial charge is 0.410 e. The standard InChI is InChI=1S/C13H23NO4/c1-10-7-17-13(5-6-16-9-13)8-14(10)11(15)18-12(2,3)4/h10H,5-9H2,1-4H3/t10-,13?/m0/s1. The van der Waals surface area contributed by atoms with Crippen LogP contribution in [0, 0.1) is 0 Å². The van der Waals surface area contributed by atoms with Gasteiger partial charge in [-0.15, -0.1) is 0 Å². The molecule has 0 aromatic heterocycles. The molecule has 104 valence electrons. The van der Waals surface area contributed by atoms with Crippen LogP contribution in [-0.2, 0) is 14.2 Å². The Hall–Kier alpha value is -0.810. The van der Waals surface area contributed by atoms with E-state index in [2.05, 4.69) is 0 Å². The van der Waals surface area contributed by atoms with Crippen molar-refractivity contribution in [2.24, 2.45) is 0 Å². The number of carbonyl (C=O) groups excluding carboxylic acids is 1. The van der Waals surface area contributed by atoms with Gasteiger partial charge in [0.2, 0.25) is 0 Å². The first-order valence-corrected chi connectivity index (χ1v) is 6.53. The number of hydrogen-bond acceptors (Lipinski definition) is 4. The Morgan fingerprint density at radius 1 is 1.44 bits per heavy atom. The van der Waals surface area contributed by atoms with Gasteiger partial charge in [-0.3, -0.25) is 0 Å². The fourth-order valence-corrected chi connectivity index (χ4v) is 2.29. The minimum absolute atomic E-state index is 0.0473. The van der Waals surface area contributed by atoms with Gasteiger partial charge >= 0.3 is 6.09 Å². The Bertz CT molecular complexity index is 317. The third-order valence-electron chi connectivity index (χ3n) is 3.32. The van der Waals surface area contributed by atoms with E-state index in [9.17, 15) is 4.79 Å². The van der Waals surface area contributed by atoms with E-state index in [1.807, 2.05) is 27.7 Å². The highest BCUT2D eigenvalue weighted by Crippen LogP contribution is 2.30. The Labute approximate surface area is 108 Å². The number of rotatable bonds is 0. The molecule has 2 saturated heterocycles. The number of hydrogen-bond donors (Lipinski definition) is 0. The molecular weight excluding hydrogens is 234 g/mol. The Morgan fingerprint density at radius 2 is 2.17 bits per heavy atom. The predicted molar refractivity (Wildman–Crippen MR) is 66.5 cm³/mol. The Morgan fingerprint density at radius 3 is 2.72 bits per heavy atom. The maximum atomic E-state index is 12.2. The van der Waals surface area contributed by atoms with Gasteiger partial charge in [0.05, 0.1) is 25.8 Å². The van der Waals surface area contributed by atoms with Crippen molar-refractivity contribution in [3.63, 3.8) is 0 Å². The molecule has 2 aliphatic rings. The summed E-state index contributed by atoms with van der Waals surface area (Å²) in [6, 6.07) is 0.0473. The van der Waals surface area contributed by atoms with Gasteiger partial charge in [-0.2, -0.15) is 0 Å². The van der Waals surface area contributed by atoms with Crippen molar-refractivity contribution in [1.29, 1.82) is 0 Å². The van der Waals surface area contributed by atoms with Crippen LogP contribution in [0.25, 0.3) is 0 Å². The summed E-state index contributed by atoms with van der Waals surface area (Å²) in [5.74, 6) is 0. The van der Waals surface area contributed by atoms with Gasteiger partial charge in [-0.05, 0) is 27.7 Å². The van der Waals surface area contributed by atoms with Crippen LogP contribution in [-0.4, -0.2) is 54.6 Å². The summed E-state index contributed by atoms with van der Waals surface area (Å²) in [5, 5.41) is 0. The summed E-state index contributed by atoms with van der Waals surface area (Å²) in [6.45, 7) is 9.99. The van der Waals surface area contributed by atoms with Gasteiger partial charge in [-0.25, -0.2) is 4.79 Å². The second-order valence-electron chi connectivity index (χ2n) is 6.25. The zero-order valence-corrected chi connectivity index (χ0v) is 11.7. The van der Waals surface area contributed by atoms with Gasteiger partial charge in [0.1, 0.15) is 11.2 Å². The van der Waals surface area contributed by atoms with E-state index in [1.165, 1.54) is 0 Å². The zero-order valence-electron chi connectivity index (χ0n) is 11.7. The molecule has 5 heteroatoms. The van der Waals surface area contributed by atoms with Crippen molar-refractivity contribution in [2.45, 2.75) is 51.4 Å². The van der Waals surface area contributed by atoms with Crippen molar-refractivity contribution >= 4 is 6.09 Å². The van der Waals surface area contributed by atoms with Crippen molar-refractivity contribution in [3.05, 3.63) is 0 Å². The highest BCUT2D eigenvalue weighted by Gasteiger charge is 2.44. The van der Waals surface area contributed by atoms with Crippen LogP contribution >= 0.6 is 0 Å². The lowest BCUT2D eigenvalue weighted by Crippen LogP contribution is -2.58. The van der Waals surface area contributed by atoms with Crippen LogP contribution in [0.1, 0.15) is 34.1 Å². The molecule has 0 bridgehead atoms. The summed E-state index contributed by atoms with van der Waals surface area (Å²) in [4.78, 5) is 13.9. The fourth-order valence-electron chi connectivity index (χ4n) is 2.29. The molecule has 0 radical (unpaired) electrons. The summed E-state index contributed by atoms with van der Waals surface area (Å²) in [7, 11) is 0. The molecule has 0 aromatic rings. The molecule has 0 aromatic carbocycles. The monoisotopic (exact) mass is 257 g/mol. The third kappa shape index (κ3) is 2.95. The second kappa shape index (κ2) is 4.70. The van der Waals surface area contributed by atoms with E-state index >= 15 is 0 Å². The molecule has 5 nitrogen and oxygen atoms in total. The minimum atomic E-state index is -0.464. The number of amides is 1. The van der Waals surface area contributed by atoms with E-state index in [1.54, 1.807) is 4.90 Å². The highest BCUT2D eigenvalue weighted by atomic mass is 16.6. The van der Waals surface area contributed by atoms with Crippen LogP contribution < -0.4 is 0 Å². The summed E-state index contributed by atoms with van der Waals surface area (Å²) in [5.41, 5.74) is -0.780. The molecule has 2 heterocycles. The zero-order chi connectivity index (χ0) is 13.4. The maximum absolute atomic E-state index is 12.2. The summed E-state index contributed by atoms with van der Waals surface area (Å²) < 4.78 is 16.7. The van der Waals surface area contributed by atoms with Crippen molar-refractivity contribution in [3.8, 4) is 0 Å². The molecule has 2 fully saturated rings. The quantitative estimate of drug-likeness (QED) is 0.664. The number of ether oxygens (including phenoxy) is 3. The number of nitrogens with zero attached hydrogens (tertiary/aromatic N) is 1. The lowest BCUT2D eigenvalue weighted by Gasteiger charge is -2.43. The maximum Gasteiger partial charge on any atom is 0.410 e. The molecule has 1 spiro atoms. The van der Waals surface area contributed by atoms with Gasteiger partial charge in [0.15, 0.2) is 0 Å². The van der Waals surface area contributed by atoms with E-state index in [4.69, 9.17) is 14.2 Å². The van der Waals surface area contributed by atoms with E-state index in [0.29, 0.717) is 26.4 Å². The van der Waals surface area contributed by atoms with Gasteiger partial charge in [0, 0.05) is 13.0 Å². The molecule has 2 atom stereocenters. The minimum Gasteiger partial charge on any atom is -0.444 e.